The Morgan fingerprint density at radius 1 is 1.00 bits per heavy atom. The summed E-state index contributed by atoms with van der Waals surface area (Å²) in [6, 6.07) is 10.4. The number of benzene rings is 2. The Balaban J connectivity index is 1.64. The second kappa shape index (κ2) is 11.8. The Kier molecular flexibility index (Phi) is 9.48. The summed E-state index contributed by atoms with van der Waals surface area (Å²) in [6.07, 6.45) is 0. The van der Waals surface area contributed by atoms with E-state index in [4.69, 9.17) is 21.1 Å². The molecule has 0 aliphatic rings. The predicted octanol–water partition coefficient (Wildman–Crippen LogP) is 3.58. The summed E-state index contributed by atoms with van der Waals surface area (Å²) in [7, 11) is 0. The Hall–Kier alpha value is -2.23. The lowest BCUT2D eigenvalue weighted by atomic mass is 10.2. The van der Waals surface area contributed by atoms with Gasteiger partial charge in [-0.2, -0.15) is 0 Å². The molecule has 7 nitrogen and oxygen atoms in total. The van der Waals surface area contributed by atoms with Crippen LogP contribution in [-0.2, 0) is 19.1 Å². The fraction of sp³-hybridized carbons (Fsp3) is 0.250. The van der Waals surface area contributed by atoms with Crippen LogP contribution >= 0.6 is 39.3 Å². The van der Waals surface area contributed by atoms with Gasteiger partial charge in [-0.15, -0.1) is 11.8 Å². The lowest BCUT2D eigenvalue weighted by molar-refractivity contribution is -0.146. The molecule has 2 N–H and O–H groups in total. The summed E-state index contributed by atoms with van der Waals surface area (Å²) in [6.45, 7) is 3.11. The number of hydrazine groups is 1. The number of nitrogens with one attached hydrogen (secondary N) is 2. The quantitative estimate of drug-likeness (QED) is 0.317. The largest absolute Gasteiger partial charge is 0.484 e. The van der Waals surface area contributed by atoms with E-state index in [0.717, 1.165) is 20.5 Å². The van der Waals surface area contributed by atoms with Crippen molar-refractivity contribution in [3.05, 3.63) is 57.0 Å². The average Bonchev–Trinajstić information content (AvgIpc) is 2.72. The highest BCUT2D eigenvalue weighted by atomic mass is 79.9. The molecular formula is C20H20BrClN2O5S. The molecule has 0 aliphatic heterocycles. The van der Waals surface area contributed by atoms with Gasteiger partial charge in [-0.3, -0.25) is 25.2 Å². The van der Waals surface area contributed by atoms with E-state index in [1.807, 2.05) is 26.0 Å². The summed E-state index contributed by atoms with van der Waals surface area (Å²) < 4.78 is 11.2. The molecule has 0 spiro atoms. The van der Waals surface area contributed by atoms with Crippen LogP contribution in [0.1, 0.15) is 11.1 Å². The first-order valence-corrected chi connectivity index (χ1v) is 10.9. The number of halogens is 2. The maximum Gasteiger partial charge on any atom is 0.316 e. The van der Waals surface area contributed by atoms with Gasteiger partial charge in [0.1, 0.15) is 5.75 Å². The number of thioether (sulfide) groups is 1. The average molecular weight is 516 g/mol. The van der Waals surface area contributed by atoms with Gasteiger partial charge in [0.15, 0.2) is 13.2 Å². The summed E-state index contributed by atoms with van der Waals surface area (Å²) in [5, 5.41) is 0.550. The number of carbonyl (C=O) groups is 3. The monoisotopic (exact) mass is 514 g/mol. The highest BCUT2D eigenvalue weighted by molar-refractivity contribution is 9.10. The molecular weight excluding hydrogens is 496 g/mol. The van der Waals surface area contributed by atoms with Crippen molar-refractivity contribution < 1.29 is 23.9 Å². The first-order valence-electron chi connectivity index (χ1n) is 8.76. The maximum absolute atomic E-state index is 11.9. The van der Waals surface area contributed by atoms with E-state index < -0.39 is 24.4 Å². The maximum atomic E-state index is 11.9. The molecule has 0 radical (unpaired) electrons. The number of hydrogen-bond acceptors (Lipinski definition) is 6. The van der Waals surface area contributed by atoms with Crippen molar-refractivity contribution in [2.75, 3.05) is 19.0 Å². The number of esters is 1. The van der Waals surface area contributed by atoms with Crippen molar-refractivity contribution in [2.45, 2.75) is 18.7 Å². The minimum Gasteiger partial charge on any atom is -0.484 e. The molecule has 0 atom stereocenters. The molecule has 30 heavy (non-hydrogen) atoms. The molecule has 0 heterocycles. The first kappa shape index (κ1) is 24.0. The van der Waals surface area contributed by atoms with Gasteiger partial charge >= 0.3 is 5.97 Å². The van der Waals surface area contributed by atoms with Gasteiger partial charge in [-0.1, -0.05) is 27.5 Å². The standard InChI is InChI=1S/C20H20BrClN2O5S/c1-12-8-17(13(2)7-16(12)21)30-11-20(27)29-10-19(26)24-23-18(25)9-28-15-5-3-14(22)4-6-15/h3-8H,9-11H2,1-2H3,(H,23,25)(H,24,26). The molecule has 0 aromatic heterocycles. The number of aryl methyl sites for hydroxylation is 2. The molecule has 10 heteroatoms. The van der Waals surface area contributed by atoms with Crippen LogP contribution in [0, 0.1) is 13.8 Å². The van der Waals surface area contributed by atoms with Crippen LogP contribution in [0.3, 0.4) is 0 Å². The predicted molar refractivity (Wildman–Crippen MR) is 119 cm³/mol. The molecule has 0 unspecified atom stereocenters. The second-order valence-electron chi connectivity index (χ2n) is 6.16. The molecule has 2 amide bonds. The fourth-order valence-electron chi connectivity index (χ4n) is 2.13. The van der Waals surface area contributed by atoms with Crippen molar-refractivity contribution in [1.82, 2.24) is 10.9 Å². The molecule has 0 fully saturated rings. The third-order valence-electron chi connectivity index (χ3n) is 3.69. The van der Waals surface area contributed by atoms with Crippen LogP contribution in [0.4, 0.5) is 0 Å². The summed E-state index contributed by atoms with van der Waals surface area (Å²) >= 11 is 10.6. The van der Waals surface area contributed by atoms with Gasteiger partial charge in [0.25, 0.3) is 11.8 Å². The van der Waals surface area contributed by atoms with Gasteiger partial charge in [0.2, 0.25) is 0 Å². The lowest BCUT2D eigenvalue weighted by Gasteiger charge is -2.10. The van der Waals surface area contributed by atoms with E-state index in [2.05, 4.69) is 26.8 Å². The first-order chi connectivity index (χ1) is 14.2. The van der Waals surface area contributed by atoms with Gasteiger partial charge in [-0.25, -0.2) is 0 Å². The Labute approximate surface area is 191 Å². The summed E-state index contributed by atoms with van der Waals surface area (Å²) in [5.41, 5.74) is 6.42. The molecule has 160 valence electrons. The normalized spacial score (nSPS) is 10.3. The molecule has 2 aromatic rings. The smallest absolute Gasteiger partial charge is 0.316 e. The van der Waals surface area contributed by atoms with E-state index in [-0.39, 0.29) is 12.4 Å². The number of amides is 2. The summed E-state index contributed by atoms with van der Waals surface area (Å²) in [5.74, 6) is -1.24. The SMILES string of the molecule is Cc1cc(SCC(=O)OCC(=O)NNC(=O)COc2ccc(Cl)cc2)c(C)cc1Br. The van der Waals surface area contributed by atoms with Crippen molar-refractivity contribution in [3.63, 3.8) is 0 Å². The topological polar surface area (TPSA) is 93.7 Å². The Morgan fingerprint density at radius 2 is 1.63 bits per heavy atom. The van der Waals surface area contributed by atoms with Crippen LogP contribution in [-0.4, -0.2) is 36.8 Å². The van der Waals surface area contributed by atoms with Gasteiger partial charge < -0.3 is 9.47 Å². The van der Waals surface area contributed by atoms with Crippen LogP contribution in [0.25, 0.3) is 0 Å². The zero-order valence-electron chi connectivity index (χ0n) is 16.3. The third kappa shape index (κ3) is 8.25. The van der Waals surface area contributed by atoms with E-state index in [1.165, 1.54) is 11.8 Å². The second-order valence-corrected chi connectivity index (χ2v) is 8.46. The Bertz CT molecular complexity index is 924. The van der Waals surface area contributed by atoms with Crippen molar-refractivity contribution >= 4 is 57.1 Å². The van der Waals surface area contributed by atoms with Crippen molar-refractivity contribution in [3.8, 4) is 5.75 Å². The minimum absolute atomic E-state index is 0.0660. The van der Waals surface area contributed by atoms with E-state index in [0.29, 0.717) is 10.8 Å². The van der Waals surface area contributed by atoms with Crippen LogP contribution < -0.4 is 15.6 Å². The van der Waals surface area contributed by atoms with Gasteiger partial charge in [0, 0.05) is 14.4 Å². The van der Waals surface area contributed by atoms with Gasteiger partial charge in [-0.05, 0) is 61.4 Å². The zero-order chi connectivity index (χ0) is 22.1. The van der Waals surface area contributed by atoms with E-state index in [9.17, 15) is 14.4 Å². The molecule has 0 saturated heterocycles. The lowest BCUT2D eigenvalue weighted by Crippen LogP contribution is -2.45. The van der Waals surface area contributed by atoms with Crippen molar-refractivity contribution in [1.29, 1.82) is 0 Å². The third-order valence-corrected chi connectivity index (χ3v) is 5.93. The van der Waals surface area contributed by atoms with Crippen LogP contribution in [0.15, 0.2) is 45.8 Å². The van der Waals surface area contributed by atoms with Crippen molar-refractivity contribution in [2.24, 2.45) is 0 Å². The summed E-state index contributed by atoms with van der Waals surface area (Å²) in [4.78, 5) is 36.2. The highest BCUT2D eigenvalue weighted by Gasteiger charge is 2.11. The van der Waals surface area contributed by atoms with Gasteiger partial charge in [0.05, 0.1) is 5.75 Å². The van der Waals surface area contributed by atoms with Crippen LogP contribution in [0.5, 0.6) is 5.75 Å². The fourth-order valence-corrected chi connectivity index (χ4v) is 3.61. The van der Waals surface area contributed by atoms with E-state index >= 15 is 0 Å². The molecule has 0 saturated carbocycles. The molecule has 0 aliphatic carbocycles. The number of hydrogen-bond donors (Lipinski definition) is 2. The number of ether oxygens (including phenoxy) is 2. The molecule has 2 rings (SSSR count). The van der Waals surface area contributed by atoms with Crippen LogP contribution in [0.2, 0.25) is 5.02 Å². The van der Waals surface area contributed by atoms with E-state index in [1.54, 1.807) is 24.3 Å². The molecule has 0 bridgehead atoms. The zero-order valence-corrected chi connectivity index (χ0v) is 19.4. The molecule has 2 aromatic carbocycles. The minimum atomic E-state index is -0.663. The highest BCUT2D eigenvalue weighted by Crippen LogP contribution is 2.28. The number of carbonyl (C=O) groups excluding carboxylic acids is 3. The number of rotatable bonds is 8. The Morgan fingerprint density at radius 3 is 2.30 bits per heavy atom.